The summed E-state index contributed by atoms with van der Waals surface area (Å²) in [6.07, 6.45) is 3.08. The molecule has 0 atom stereocenters. The summed E-state index contributed by atoms with van der Waals surface area (Å²) in [7, 11) is 0. The summed E-state index contributed by atoms with van der Waals surface area (Å²) >= 11 is 0.906. The number of nitrogens with one attached hydrogen (secondary N) is 1. The second-order valence-electron chi connectivity index (χ2n) is 3.92. The molecule has 0 aliphatic carbocycles. The van der Waals surface area contributed by atoms with E-state index in [0.717, 1.165) is 12.0 Å². The highest BCUT2D eigenvalue weighted by atomic mass is 32.2. The van der Waals surface area contributed by atoms with Crippen molar-refractivity contribution in [1.82, 2.24) is 10.3 Å². The first kappa shape index (κ1) is 13.4. The molecule has 1 aromatic heterocycles. The van der Waals surface area contributed by atoms with Gasteiger partial charge in [-0.3, -0.25) is 14.1 Å². The number of rotatable bonds is 6. The second kappa shape index (κ2) is 6.19. The highest BCUT2D eigenvalue weighted by Gasteiger charge is 2.22. The Balaban J connectivity index is 2.45. The number of hydrogen-bond acceptors (Lipinski definition) is 6. The van der Waals surface area contributed by atoms with Crippen LogP contribution in [0.15, 0.2) is 29.9 Å². The molecule has 0 spiro atoms. The van der Waals surface area contributed by atoms with E-state index in [1.165, 1.54) is 6.20 Å². The fraction of sp³-hybridized carbons (Fsp3) is 0.400. The molecule has 6 nitrogen and oxygen atoms in total. The van der Waals surface area contributed by atoms with E-state index in [4.69, 9.17) is 0 Å². The van der Waals surface area contributed by atoms with Crippen LogP contribution in [-0.2, 0) is 4.28 Å². The quantitative estimate of drug-likeness (QED) is 0.477. The lowest BCUT2D eigenvalue weighted by molar-refractivity contribution is 0.0950. The molecule has 0 aliphatic heterocycles. The molecule has 0 radical (unpaired) electrons. The molecule has 0 aromatic carbocycles. The van der Waals surface area contributed by atoms with Gasteiger partial charge in [0.05, 0.1) is 22.4 Å². The standard InChI is InChI=1S/C10H13N3O3S/c1-10(2,17-16-13-15)7-12-9(14)8-4-3-5-11-6-8/h3-6H,7H2,1-2H3,(H,12,14). The predicted octanol–water partition coefficient (Wildman–Crippen LogP) is 1.94. The average molecular weight is 255 g/mol. The van der Waals surface area contributed by atoms with Crippen LogP contribution in [-0.4, -0.2) is 22.2 Å². The van der Waals surface area contributed by atoms with Gasteiger partial charge in [0.15, 0.2) is 5.34 Å². The first-order valence-corrected chi connectivity index (χ1v) is 5.65. The number of carbonyl (C=O) groups excluding carboxylic acids is 1. The maximum Gasteiger partial charge on any atom is 0.252 e. The number of carbonyl (C=O) groups is 1. The second-order valence-corrected chi connectivity index (χ2v) is 5.34. The number of amides is 1. The van der Waals surface area contributed by atoms with Crippen molar-refractivity contribution in [3.05, 3.63) is 35.0 Å². The van der Waals surface area contributed by atoms with Crippen LogP contribution in [0.25, 0.3) is 0 Å². The maximum atomic E-state index is 11.7. The van der Waals surface area contributed by atoms with Gasteiger partial charge in [0.1, 0.15) is 0 Å². The Hall–Kier alpha value is -1.63. The lowest BCUT2D eigenvalue weighted by Gasteiger charge is -2.20. The van der Waals surface area contributed by atoms with E-state index in [1.807, 2.05) is 13.8 Å². The molecule has 0 aliphatic rings. The molecular weight excluding hydrogens is 242 g/mol. The largest absolute Gasteiger partial charge is 0.350 e. The Bertz CT molecular complexity index is 384. The van der Waals surface area contributed by atoms with Gasteiger partial charge in [-0.1, -0.05) is 0 Å². The highest BCUT2D eigenvalue weighted by Crippen LogP contribution is 2.24. The molecule has 0 unspecified atom stereocenters. The van der Waals surface area contributed by atoms with Gasteiger partial charge in [-0.15, -0.1) is 4.91 Å². The van der Waals surface area contributed by atoms with Crippen molar-refractivity contribution in [2.45, 2.75) is 18.6 Å². The van der Waals surface area contributed by atoms with E-state index in [1.54, 1.807) is 18.3 Å². The minimum atomic E-state index is -0.439. The van der Waals surface area contributed by atoms with Gasteiger partial charge >= 0.3 is 0 Å². The normalized spacial score (nSPS) is 10.7. The van der Waals surface area contributed by atoms with Crippen LogP contribution in [0.1, 0.15) is 24.2 Å². The topological polar surface area (TPSA) is 80.7 Å². The molecule has 1 heterocycles. The zero-order chi connectivity index (χ0) is 12.7. The van der Waals surface area contributed by atoms with Crippen LogP contribution in [0.4, 0.5) is 0 Å². The summed E-state index contributed by atoms with van der Waals surface area (Å²) in [6.45, 7) is 4.00. The lowest BCUT2D eigenvalue weighted by atomic mass is 10.2. The van der Waals surface area contributed by atoms with E-state index < -0.39 is 4.75 Å². The lowest BCUT2D eigenvalue weighted by Crippen LogP contribution is -2.36. The first-order valence-electron chi connectivity index (χ1n) is 4.91. The van der Waals surface area contributed by atoms with Crippen LogP contribution in [0.2, 0.25) is 0 Å². The monoisotopic (exact) mass is 255 g/mol. The van der Waals surface area contributed by atoms with E-state index in [0.29, 0.717) is 12.1 Å². The zero-order valence-electron chi connectivity index (χ0n) is 9.54. The summed E-state index contributed by atoms with van der Waals surface area (Å²) in [5.41, 5.74) is 0.489. The maximum absolute atomic E-state index is 11.7. The average Bonchev–Trinajstić information content (AvgIpc) is 2.35. The molecule has 0 saturated heterocycles. The Morgan fingerprint density at radius 2 is 2.41 bits per heavy atom. The molecule has 92 valence electrons. The van der Waals surface area contributed by atoms with Gasteiger partial charge in [0.2, 0.25) is 0 Å². The third-order valence-electron chi connectivity index (χ3n) is 1.89. The van der Waals surface area contributed by atoms with E-state index >= 15 is 0 Å². The molecule has 7 heteroatoms. The van der Waals surface area contributed by atoms with Crippen molar-refractivity contribution < 1.29 is 9.08 Å². The molecule has 0 saturated carbocycles. The van der Waals surface area contributed by atoms with Crippen LogP contribution >= 0.6 is 12.0 Å². The van der Waals surface area contributed by atoms with Crippen LogP contribution in [0.5, 0.6) is 0 Å². The van der Waals surface area contributed by atoms with Gasteiger partial charge in [-0.05, 0) is 26.0 Å². The molecule has 1 aromatic rings. The fourth-order valence-corrected chi connectivity index (χ4v) is 1.40. The van der Waals surface area contributed by atoms with Gasteiger partial charge in [-0.2, -0.15) is 0 Å². The van der Waals surface area contributed by atoms with Gasteiger partial charge in [0.25, 0.3) is 5.91 Å². The first-order chi connectivity index (χ1) is 8.05. The Morgan fingerprint density at radius 3 is 3.00 bits per heavy atom. The summed E-state index contributed by atoms with van der Waals surface area (Å²) < 4.78 is 3.92. The zero-order valence-corrected chi connectivity index (χ0v) is 10.4. The van der Waals surface area contributed by atoms with Gasteiger partial charge < -0.3 is 5.32 Å². The summed E-state index contributed by atoms with van der Waals surface area (Å²) in [4.78, 5) is 25.4. The van der Waals surface area contributed by atoms with Gasteiger partial charge in [-0.25, -0.2) is 0 Å². The van der Waals surface area contributed by atoms with Crippen LogP contribution in [0, 0.1) is 4.91 Å². The fourth-order valence-electron chi connectivity index (χ4n) is 1.04. The van der Waals surface area contributed by atoms with Crippen molar-refractivity contribution >= 4 is 17.9 Å². The Labute approximate surface area is 103 Å². The Morgan fingerprint density at radius 1 is 1.65 bits per heavy atom. The number of hydrogen-bond donors (Lipinski definition) is 1. The minimum absolute atomic E-state index is 0.217. The third kappa shape index (κ3) is 4.81. The molecule has 0 fully saturated rings. The van der Waals surface area contributed by atoms with Gasteiger partial charge in [0, 0.05) is 18.9 Å². The highest BCUT2D eigenvalue weighted by molar-refractivity contribution is 7.96. The van der Waals surface area contributed by atoms with Crippen LogP contribution < -0.4 is 5.32 Å². The number of pyridine rings is 1. The third-order valence-corrected chi connectivity index (χ3v) is 2.62. The molecule has 17 heavy (non-hydrogen) atoms. The van der Waals surface area contributed by atoms with Crippen LogP contribution in [0.3, 0.4) is 0 Å². The smallest absolute Gasteiger partial charge is 0.252 e. The van der Waals surface area contributed by atoms with E-state index in [2.05, 4.69) is 19.9 Å². The molecular formula is C10H13N3O3S. The summed E-state index contributed by atoms with van der Waals surface area (Å²) in [5.74, 6) is -0.217. The number of aromatic nitrogens is 1. The van der Waals surface area contributed by atoms with Crippen molar-refractivity contribution in [3.8, 4) is 0 Å². The SMILES string of the molecule is CC(C)(CNC(=O)c1cccnc1)SON=O. The van der Waals surface area contributed by atoms with Crippen molar-refractivity contribution in [3.63, 3.8) is 0 Å². The van der Waals surface area contributed by atoms with E-state index in [9.17, 15) is 9.70 Å². The van der Waals surface area contributed by atoms with E-state index in [-0.39, 0.29) is 5.91 Å². The minimum Gasteiger partial charge on any atom is -0.350 e. The summed E-state index contributed by atoms with van der Waals surface area (Å²) in [6, 6.07) is 3.36. The molecule has 0 bridgehead atoms. The predicted molar refractivity (Wildman–Crippen MR) is 65.1 cm³/mol. The number of nitrogens with zero attached hydrogens (tertiary/aromatic N) is 2. The molecule has 1 amide bonds. The Kier molecular flexibility index (Phi) is 4.89. The van der Waals surface area contributed by atoms with Crippen molar-refractivity contribution in [2.24, 2.45) is 5.34 Å². The van der Waals surface area contributed by atoms with Crippen molar-refractivity contribution in [2.75, 3.05) is 6.54 Å². The van der Waals surface area contributed by atoms with Crippen molar-refractivity contribution in [1.29, 1.82) is 0 Å². The summed E-state index contributed by atoms with van der Waals surface area (Å²) in [5, 5.41) is 5.02. The molecule has 1 N–H and O–H groups in total. The molecule has 1 rings (SSSR count).